The molecule has 6 atom stereocenters. The van der Waals surface area contributed by atoms with Crippen LogP contribution < -0.4 is 9.64 Å². The number of methoxy groups -OCH3 is 1. The lowest BCUT2D eigenvalue weighted by Crippen LogP contribution is -2.60. The number of ether oxygens (including phenoxy) is 6. The first-order chi connectivity index (χ1) is 23.1. The van der Waals surface area contributed by atoms with Crippen LogP contribution in [-0.2, 0) is 38.1 Å². The molecule has 0 aliphatic carbocycles. The predicted molar refractivity (Wildman–Crippen MR) is 180 cm³/mol. The van der Waals surface area contributed by atoms with Crippen molar-refractivity contribution in [2.75, 3.05) is 24.4 Å². The van der Waals surface area contributed by atoms with Crippen LogP contribution in [0.4, 0.5) is 5.69 Å². The SMILES string of the molecule is COC(=O)[C@H]1O[C@@H](Oc2cc3c(c4ccccc24)[C@H](CCl)CN3C(=O)c2ccc(C(=O)OC(C)(C)C)s2)[C@H](OC(C)=O)[C@@H](OC(C)=O)[C@@H]1C. The lowest BCUT2D eigenvalue weighted by Gasteiger charge is -2.42. The second kappa shape index (κ2) is 14.3. The van der Waals surface area contributed by atoms with Gasteiger partial charge in [0, 0.05) is 49.6 Å². The third kappa shape index (κ3) is 7.53. The largest absolute Gasteiger partial charge is 0.467 e. The van der Waals surface area contributed by atoms with Crippen LogP contribution in [0.5, 0.6) is 5.75 Å². The van der Waals surface area contributed by atoms with Gasteiger partial charge in [-0.1, -0.05) is 31.2 Å². The number of hydrogen-bond donors (Lipinski definition) is 0. The van der Waals surface area contributed by atoms with Crippen LogP contribution >= 0.6 is 22.9 Å². The molecule has 1 aromatic heterocycles. The lowest BCUT2D eigenvalue weighted by molar-refractivity contribution is -0.266. The fraction of sp³-hybridized carbons (Fsp3) is 0.457. The van der Waals surface area contributed by atoms with Gasteiger partial charge in [-0.3, -0.25) is 14.4 Å². The summed E-state index contributed by atoms with van der Waals surface area (Å²) in [6, 6.07) is 12.2. The quantitative estimate of drug-likeness (QED) is 0.163. The number of benzene rings is 2. The summed E-state index contributed by atoms with van der Waals surface area (Å²) in [7, 11) is 1.20. The Hall–Kier alpha value is -4.20. The van der Waals surface area contributed by atoms with Gasteiger partial charge in [-0.05, 0) is 43.9 Å². The van der Waals surface area contributed by atoms with E-state index in [-0.39, 0.29) is 34.9 Å². The van der Waals surface area contributed by atoms with Crippen molar-refractivity contribution in [3.63, 3.8) is 0 Å². The van der Waals surface area contributed by atoms with Gasteiger partial charge in [0.15, 0.2) is 12.2 Å². The van der Waals surface area contributed by atoms with Gasteiger partial charge in [0.05, 0.1) is 17.7 Å². The van der Waals surface area contributed by atoms with E-state index in [1.54, 1.807) is 50.8 Å². The molecule has 14 heteroatoms. The van der Waals surface area contributed by atoms with E-state index in [4.69, 9.17) is 40.0 Å². The zero-order chi connectivity index (χ0) is 35.8. The summed E-state index contributed by atoms with van der Waals surface area (Å²) in [6.45, 7) is 9.56. The Morgan fingerprint density at radius 3 is 2.20 bits per heavy atom. The van der Waals surface area contributed by atoms with Crippen molar-refractivity contribution in [1.29, 1.82) is 0 Å². The molecule has 1 fully saturated rings. The van der Waals surface area contributed by atoms with E-state index in [1.807, 2.05) is 24.3 Å². The first kappa shape index (κ1) is 36.1. The summed E-state index contributed by atoms with van der Waals surface area (Å²) in [4.78, 5) is 66.2. The van der Waals surface area contributed by atoms with E-state index in [0.717, 1.165) is 22.3 Å². The Morgan fingerprint density at radius 2 is 1.59 bits per heavy atom. The highest BCUT2D eigenvalue weighted by Crippen LogP contribution is 2.47. The van der Waals surface area contributed by atoms with Gasteiger partial charge in [0.2, 0.25) is 12.4 Å². The molecular formula is C35H38ClNO11S. The van der Waals surface area contributed by atoms with E-state index >= 15 is 0 Å². The molecule has 1 saturated heterocycles. The van der Waals surface area contributed by atoms with Crippen molar-refractivity contribution in [2.45, 2.75) is 77.7 Å². The second-order valence-electron chi connectivity index (χ2n) is 12.9. The molecule has 5 rings (SSSR count). The molecule has 0 radical (unpaired) electrons. The topological polar surface area (TPSA) is 144 Å². The standard InChI is InChI=1S/C35H38ClNO11S/c1-17-28(44-18(2)38)30(45-19(3)39)34(47-29(17)33(42)43-7)46-24-14-23-27(22-11-9-8-10-21(22)24)20(15-36)16-37(23)31(40)25-12-13-26(49-25)32(41)48-35(4,5)6/h8-14,17,20,28-30,34H,15-16H2,1-7H3/t17-,20+,28-,29-,30+,34+/m0/s1. The van der Waals surface area contributed by atoms with Crippen molar-refractivity contribution >= 4 is 69.2 Å². The minimum absolute atomic E-state index is 0.220. The van der Waals surface area contributed by atoms with Crippen molar-refractivity contribution in [2.24, 2.45) is 5.92 Å². The van der Waals surface area contributed by atoms with Crippen molar-refractivity contribution in [3.05, 3.63) is 57.8 Å². The van der Waals surface area contributed by atoms with Gasteiger partial charge in [-0.2, -0.15) is 0 Å². The van der Waals surface area contributed by atoms with E-state index in [2.05, 4.69) is 0 Å². The third-order valence-electron chi connectivity index (χ3n) is 8.13. The molecule has 1 amide bonds. The maximum absolute atomic E-state index is 14.1. The molecular weight excluding hydrogens is 678 g/mol. The highest BCUT2D eigenvalue weighted by molar-refractivity contribution is 7.16. The molecule has 3 heterocycles. The maximum atomic E-state index is 14.1. The fourth-order valence-corrected chi connectivity index (χ4v) is 7.19. The number of anilines is 1. The maximum Gasteiger partial charge on any atom is 0.348 e. The summed E-state index contributed by atoms with van der Waals surface area (Å²) in [5.41, 5.74) is 0.648. The number of hydrogen-bond acceptors (Lipinski definition) is 12. The predicted octanol–water partition coefficient (Wildman–Crippen LogP) is 5.62. The van der Waals surface area contributed by atoms with Crippen LogP contribution in [-0.4, -0.2) is 79.5 Å². The summed E-state index contributed by atoms with van der Waals surface area (Å²) < 4.78 is 34.1. The Morgan fingerprint density at radius 1 is 0.959 bits per heavy atom. The first-order valence-corrected chi connectivity index (χ1v) is 17.0. The average Bonchev–Trinajstić information content (AvgIpc) is 3.68. The highest BCUT2D eigenvalue weighted by Gasteiger charge is 2.52. The van der Waals surface area contributed by atoms with E-state index in [1.165, 1.54) is 21.0 Å². The van der Waals surface area contributed by atoms with Gasteiger partial charge in [-0.15, -0.1) is 22.9 Å². The average molecular weight is 716 g/mol. The molecule has 262 valence electrons. The Labute approximate surface area is 292 Å². The van der Waals surface area contributed by atoms with Crippen LogP contribution in [0.3, 0.4) is 0 Å². The van der Waals surface area contributed by atoms with Crippen LogP contribution in [0.15, 0.2) is 42.5 Å². The number of halogens is 1. The number of thiophene rings is 1. The first-order valence-electron chi connectivity index (χ1n) is 15.6. The van der Waals surface area contributed by atoms with Crippen molar-refractivity contribution in [3.8, 4) is 5.75 Å². The number of nitrogens with zero attached hydrogens (tertiary/aromatic N) is 1. The molecule has 49 heavy (non-hydrogen) atoms. The zero-order valence-electron chi connectivity index (χ0n) is 28.1. The van der Waals surface area contributed by atoms with Crippen molar-refractivity contribution < 1.29 is 52.4 Å². The molecule has 0 N–H and O–H groups in total. The number of carbonyl (C=O) groups excluding carboxylic acids is 5. The summed E-state index contributed by atoms with van der Waals surface area (Å²) >= 11 is 7.50. The van der Waals surface area contributed by atoms with E-state index < -0.39 is 60.0 Å². The number of amides is 1. The second-order valence-corrected chi connectivity index (χ2v) is 14.3. The molecule has 12 nitrogen and oxygen atoms in total. The minimum atomic E-state index is -1.43. The van der Waals surface area contributed by atoms with Crippen molar-refractivity contribution in [1.82, 2.24) is 0 Å². The van der Waals surface area contributed by atoms with Gasteiger partial charge in [-0.25, -0.2) is 9.59 Å². The van der Waals surface area contributed by atoms with Crippen LogP contribution in [0, 0.1) is 5.92 Å². The minimum Gasteiger partial charge on any atom is -0.467 e. The smallest absolute Gasteiger partial charge is 0.348 e. The molecule has 2 aromatic carbocycles. The van der Waals surface area contributed by atoms with Crippen LogP contribution in [0.2, 0.25) is 0 Å². The molecule has 0 bridgehead atoms. The van der Waals surface area contributed by atoms with Crippen LogP contribution in [0.25, 0.3) is 10.8 Å². The number of carbonyl (C=O) groups is 5. The zero-order valence-corrected chi connectivity index (χ0v) is 29.7. The number of alkyl halides is 1. The van der Waals surface area contributed by atoms with Gasteiger partial charge in [0.25, 0.3) is 5.91 Å². The number of rotatable bonds is 8. The molecule has 2 aliphatic rings. The summed E-state index contributed by atoms with van der Waals surface area (Å²) in [6.07, 6.45) is -5.06. The number of fused-ring (bicyclic) bond motifs is 3. The van der Waals surface area contributed by atoms with Gasteiger partial charge < -0.3 is 33.3 Å². The van der Waals surface area contributed by atoms with E-state index in [0.29, 0.717) is 16.0 Å². The van der Waals surface area contributed by atoms with Crippen LogP contribution in [0.1, 0.15) is 72.4 Å². The molecule has 0 unspecified atom stereocenters. The molecule has 3 aromatic rings. The monoisotopic (exact) mass is 715 g/mol. The summed E-state index contributed by atoms with van der Waals surface area (Å²) in [5, 5.41) is 1.39. The number of esters is 4. The Kier molecular flexibility index (Phi) is 10.6. The van der Waals surface area contributed by atoms with Gasteiger partial charge in [0.1, 0.15) is 16.2 Å². The Bertz CT molecular complexity index is 1780. The highest BCUT2D eigenvalue weighted by atomic mass is 35.5. The summed E-state index contributed by atoms with van der Waals surface area (Å²) in [5.74, 6) is -3.51. The lowest BCUT2D eigenvalue weighted by atomic mass is 9.90. The van der Waals surface area contributed by atoms with Gasteiger partial charge >= 0.3 is 23.9 Å². The molecule has 0 saturated carbocycles. The van der Waals surface area contributed by atoms with E-state index in [9.17, 15) is 24.0 Å². The normalized spacial score (nSPS) is 23.4. The molecule has 2 aliphatic heterocycles. The molecule has 0 spiro atoms. The Balaban J connectivity index is 1.58. The third-order valence-corrected chi connectivity index (χ3v) is 9.55. The fourth-order valence-electron chi connectivity index (χ4n) is 6.11.